The zero-order valence-corrected chi connectivity index (χ0v) is 18.3. The fraction of sp³-hybridized carbons (Fsp3) is 0.625. The summed E-state index contributed by atoms with van der Waals surface area (Å²) in [7, 11) is 0. The minimum absolute atomic E-state index is 0.00903. The minimum Gasteiger partial charge on any atom is -0.483 e. The van der Waals surface area contributed by atoms with E-state index in [2.05, 4.69) is 15.8 Å². The molecule has 2 amide bonds. The number of nitrogens with one attached hydrogen (secondary N) is 2. The van der Waals surface area contributed by atoms with Gasteiger partial charge >= 0.3 is 0 Å². The predicted molar refractivity (Wildman–Crippen MR) is 116 cm³/mol. The van der Waals surface area contributed by atoms with E-state index in [1.54, 1.807) is 6.92 Å². The van der Waals surface area contributed by atoms with Crippen LogP contribution in [0, 0.1) is 31.6 Å². The first-order chi connectivity index (χ1) is 14.3. The van der Waals surface area contributed by atoms with E-state index in [9.17, 15) is 9.59 Å². The van der Waals surface area contributed by atoms with Crippen molar-refractivity contribution in [2.75, 3.05) is 6.61 Å². The summed E-state index contributed by atoms with van der Waals surface area (Å²) in [5.41, 5.74) is 5.24. The number of hydrazone groups is 1. The molecule has 4 fully saturated rings. The van der Waals surface area contributed by atoms with Crippen molar-refractivity contribution in [1.82, 2.24) is 10.7 Å². The van der Waals surface area contributed by atoms with E-state index in [4.69, 9.17) is 4.74 Å². The van der Waals surface area contributed by atoms with Crippen molar-refractivity contribution >= 4 is 17.5 Å². The fourth-order valence-corrected chi connectivity index (χ4v) is 6.17. The predicted octanol–water partition coefficient (Wildman–Crippen LogP) is 3.65. The van der Waals surface area contributed by atoms with Gasteiger partial charge in [-0.1, -0.05) is 17.7 Å². The highest BCUT2D eigenvalue weighted by Gasteiger charge is 2.51. The zero-order chi connectivity index (χ0) is 21.3. The Morgan fingerprint density at radius 1 is 1.07 bits per heavy atom. The Labute approximate surface area is 178 Å². The van der Waals surface area contributed by atoms with Crippen molar-refractivity contribution in [3.05, 3.63) is 29.3 Å². The summed E-state index contributed by atoms with van der Waals surface area (Å²) < 4.78 is 5.57. The van der Waals surface area contributed by atoms with Crippen LogP contribution in [0.25, 0.3) is 0 Å². The molecule has 6 nitrogen and oxygen atoms in total. The van der Waals surface area contributed by atoms with Crippen LogP contribution in [0.4, 0.5) is 0 Å². The Morgan fingerprint density at radius 3 is 2.30 bits per heavy atom. The Bertz CT molecular complexity index is 826. The van der Waals surface area contributed by atoms with Crippen LogP contribution in [-0.2, 0) is 9.59 Å². The molecule has 4 aliphatic rings. The number of carbonyl (C=O) groups is 2. The number of ether oxygens (including phenoxy) is 1. The quantitative estimate of drug-likeness (QED) is 0.531. The average Bonchev–Trinajstić information content (AvgIpc) is 2.64. The van der Waals surface area contributed by atoms with E-state index in [1.807, 2.05) is 32.0 Å². The minimum atomic E-state index is -0.337. The maximum atomic E-state index is 12.6. The maximum Gasteiger partial charge on any atom is 0.277 e. The summed E-state index contributed by atoms with van der Waals surface area (Å²) in [6.45, 7) is 5.62. The van der Waals surface area contributed by atoms with Gasteiger partial charge in [-0.25, -0.2) is 5.43 Å². The van der Waals surface area contributed by atoms with Crippen LogP contribution in [0.2, 0.25) is 0 Å². The van der Waals surface area contributed by atoms with Crippen LogP contribution < -0.4 is 15.5 Å². The van der Waals surface area contributed by atoms with Crippen LogP contribution in [-0.4, -0.2) is 29.7 Å². The molecule has 6 heteroatoms. The number of benzene rings is 1. The van der Waals surface area contributed by atoms with E-state index in [0.717, 1.165) is 48.1 Å². The molecule has 30 heavy (non-hydrogen) atoms. The maximum absolute atomic E-state index is 12.6. The van der Waals surface area contributed by atoms with Gasteiger partial charge in [0, 0.05) is 11.3 Å². The Hall–Kier alpha value is -2.37. The summed E-state index contributed by atoms with van der Waals surface area (Å²) in [5.74, 6) is 2.74. The number of hydrogen-bond acceptors (Lipinski definition) is 4. The van der Waals surface area contributed by atoms with E-state index >= 15 is 0 Å². The Morgan fingerprint density at radius 2 is 1.70 bits per heavy atom. The van der Waals surface area contributed by atoms with Crippen molar-refractivity contribution in [2.24, 2.45) is 22.9 Å². The summed E-state index contributed by atoms with van der Waals surface area (Å²) in [4.78, 5) is 24.7. The third-order valence-electron chi connectivity index (χ3n) is 6.92. The van der Waals surface area contributed by atoms with Gasteiger partial charge in [0.05, 0.1) is 6.42 Å². The lowest BCUT2D eigenvalue weighted by molar-refractivity contribution is -0.126. The number of amides is 2. The first-order valence-corrected chi connectivity index (χ1v) is 11.1. The second kappa shape index (κ2) is 8.40. The van der Waals surface area contributed by atoms with E-state index in [0.29, 0.717) is 11.5 Å². The smallest absolute Gasteiger partial charge is 0.277 e. The van der Waals surface area contributed by atoms with E-state index < -0.39 is 0 Å². The molecule has 4 saturated carbocycles. The van der Waals surface area contributed by atoms with Gasteiger partial charge in [0.2, 0.25) is 5.91 Å². The zero-order valence-electron chi connectivity index (χ0n) is 18.3. The molecule has 0 heterocycles. The normalized spacial score (nSPS) is 29.6. The molecule has 5 rings (SSSR count). The van der Waals surface area contributed by atoms with Gasteiger partial charge in [0.15, 0.2) is 6.61 Å². The first kappa shape index (κ1) is 20.9. The van der Waals surface area contributed by atoms with Gasteiger partial charge in [0.25, 0.3) is 5.91 Å². The number of hydrogen-bond donors (Lipinski definition) is 2. The molecule has 162 valence electrons. The van der Waals surface area contributed by atoms with Gasteiger partial charge in [-0.15, -0.1) is 0 Å². The molecule has 0 aliphatic heterocycles. The molecule has 0 aromatic heterocycles. The molecule has 1 aromatic rings. The summed E-state index contributed by atoms with van der Waals surface area (Å²) in [6, 6.07) is 5.82. The van der Waals surface area contributed by atoms with Crippen molar-refractivity contribution in [3.8, 4) is 5.75 Å². The van der Waals surface area contributed by atoms with Crippen LogP contribution in [0.15, 0.2) is 23.3 Å². The lowest BCUT2D eigenvalue weighted by Gasteiger charge is -2.56. The van der Waals surface area contributed by atoms with Gasteiger partial charge in [0.1, 0.15) is 5.75 Å². The molecule has 2 N–H and O–H groups in total. The highest BCUT2D eigenvalue weighted by atomic mass is 16.5. The van der Waals surface area contributed by atoms with Crippen molar-refractivity contribution in [1.29, 1.82) is 0 Å². The van der Waals surface area contributed by atoms with Crippen molar-refractivity contribution in [2.45, 2.75) is 71.3 Å². The first-order valence-electron chi connectivity index (χ1n) is 11.1. The second-order valence-electron chi connectivity index (χ2n) is 9.86. The number of nitrogens with zero attached hydrogens (tertiary/aromatic N) is 1. The summed E-state index contributed by atoms with van der Waals surface area (Å²) >= 11 is 0. The molecule has 0 atom stereocenters. The average molecular weight is 412 g/mol. The molecule has 0 radical (unpaired) electrons. The number of carbonyl (C=O) groups excluding carboxylic acids is 2. The second-order valence-corrected chi connectivity index (χ2v) is 9.86. The largest absolute Gasteiger partial charge is 0.483 e. The standard InChI is InChI=1S/C24H33N3O3/c1-15-4-5-21(16(2)6-15)30-14-23(29)27-26-17(3)7-22(28)25-24-11-18-8-19(12-24)10-20(9-18)13-24/h4-6,18-20H,7-14H2,1-3H3,(H,25,28)(H,27,29)/b26-17-. The van der Waals surface area contributed by atoms with Crippen LogP contribution in [0.5, 0.6) is 5.75 Å². The summed E-state index contributed by atoms with van der Waals surface area (Å²) in [6.07, 6.45) is 7.66. The fourth-order valence-electron chi connectivity index (χ4n) is 6.17. The molecular formula is C24H33N3O3. The Kier molecular flexibility index (Phi) is 5.85. The van der Waals surface area contributed by atoms with Crippen LogP contribution in [0.1, 0.15) is 63.0 Å². The molecule has 0 unspecified atom stereocenters. The monoisotopic (exact) mass is 411 g/mol. The molecule has 4 bridgehead atoms. The molecular weight excluding hydrogens is 378 g/mol. The van der Waals surface area contributed by atoms with Gasteiger partial charge in [-0.2, -0.15) is 5.10 Å². The van der Waals surface area contributed by atoms with E-state index in [1.165, 1.54) is 19.3 Å². The number of aryl methyl sites for hydroxylation is 2. The highest BCUT2D eigenvalue weighted by molar-refractivity contribution is 6.00. The third kappa shape index (κ3) is 4.85. The van der Waals surface area contributed by atoms with Gasteiger partial charge in [-0.05, 0) is 88.7 Å². The third-order valence-corrected chi connectivity index (χ3v) is 6.92. The van der Waals surface area contributed by atoms with Crippen molar-refractivity contribution < 1.29 is 14.3 Å². The molecule has 4 aliphatic carbocycles. The van der Waals surface area contributed by atoms with Crippen LogP contribution >= 0.6 is 0 Å². The van der Waals surface area contributed by atoms with Crippen molar-refractivity contribution in [3.63, 3.8) is 0 Å². The van der Waals surface area contributed by atoms with Gasteiger partial charge in [-0.3, -0.25) is 9.59 Å². The number of rotatable bonds is 7. The van der Waals surface area contributed by atoms with E-state index in [-0.39, 0.29) is 30.4 Å². The Balaban J connectivity index is 1.23. The topological polar surface area (TPSA) is 79.8 Å². The van der Waals surface area contributed by atoms with Crippen LogP contribution in [0.3, 0.4) is 0 Å². The molecule has 1 aromatic carbocycles. The lowest BCUT2D eigenvalue weighted by Crippen LogP contribution is -2.60. The van der Waals surface area contributed by atoms with Gasteiger partial charge < -0.3 is 10.1 Å². The molecule has 0 saturated heterocycles. The SMILES string of the molecule is C/C(CC(=O)NC12CC3CC(CC(C3)C1)C2)=N/NC(=O)COc1ccc(C)cc1C. The molecule has 0 spiro atoms. The highest BCUT2D eigenvalue weighted by Crippen LogP contribution is 2.55. The summed E-state index contributed by atoms with van der Waals surface area (Å²) in [5, 5.41) is 7.43. The lowest BCUT2D eigenvalue weighted by atomic mass is 9.53.